The molecule has 2 rings (SSSR count). The number of carbonyl (C=O) groups excluding carboxylic acids is 1. The molecule has 0 radical (unpaired) electrons. The summed E-state index contributed by atoms with van der Waals surface area (Å²) in [6.07, 6.45) is 0.924. The van der Waals surface area contributed by atoms with Gasteiger partial charge in [0.25, 0.3) is 0 Å². The summed E-state index contributed by atoms with van der Waals surface area (Å²) in [6, 6.07) is 8.41. The number of rotatable bonds is 7. The number of hydrogen-bond donors (Lipinski definition) is 1. The van der Waals surface area contributed by atoms with E-state index in [9.17, 15) is 27.1 Å². The molecule has 0 aromatic heterocycles. The summed E-state index contributed by atoms with van der Waals surface area (Å²) in [6.45, 7) is 1.27. The summed E-state index contributed by atoms with van der Waals surface area (Å²) in [4.78, 5) is 12.5. The lowest BCUT2D eigenvalue weighted by Gasteiger charge is -2.16. The first-order valence-electron chi connectivity index (χ1n) is 8.46. The number of sulfone groups is 1. The summed E-state index contributed by atoms with van der Waals surface area (Å²) in [7, 11) is -3.45. The SMILES string of the molecule is CCOC(=O)/C(CCO)=C(\c1ccc(S(C)(=O)=O)cc1)c1ccc(F)cc1F. The maximum atomic E-state index is 14.5. The second-order valence-corrected chi connectivity index (χ2v) is 7.98. The number of esters is 1. The minimum Gasteiger partial charge on any atom is -0.463 e. The molecule has 0 spiro atoms. The van der Waals surface area contributed by atoms with Gasteiger partial charge in [-0.05, 0) is 36.8 Å². The van der Waals surface area contributed by atoms with Gasteiger partial charge in [-0.3, -0.25) is 0 Å². The quantitative estimate of drug-likeness (QED) is 0.560. The number of halogens is 2. The molecule has 0 aliphatic rings. The van der Waals surface area contributed by atoms with Crippen LogP contribution in [0.15, 0.2) is 52.9 Å². The maximum Gasteiger partial charge on any atom is 0.334 e. The van der Waals surface area contributed by atoms with Crippen LogP contribution in [0.5, 0.6) is 0 Å². The molecule has 150 valence electrons. The highest BCUT2D eigenvalue weighted by Crippen LogP contribution is 2.32. The van der Waals surface area contributed by atoms with Gasteiger partial charge in [-0.15, -0.1) is 0 Å². The zero-order valence-electron chi connectivity index (χ0n) is 15.4. The Bertz CT molecular complexity index is 996. The van der Waals surface area contributed by atoms with Crippen LogP contribution in [-0.4, -0.2) is 39.0 Å². The Labute approximate surface area is 162 Å². The van der Waals surface area contributed by atoms with Crippen LogP contribution >= 0.6 is 0 Å². The molecule has 0 heterocycles. The van der Waals surface area contributed by atoms with E-state index in [-0.39, 0.29) is 34.6 Å². The summed E-state index contributed by atoms with van der Waals surface area (Å²) in [5, 5.41) is 9.39. The Morgan fingerprint density at radius 1 is 1.11 bits per heavy atom. The average molecular weight is 410 g/mol. The van der Waals surface area contributed by atoms with Gasteiger partial charge in [0, 0.05) is 42.1 Å². The van der Waals surface area contributed by atoms with E-state index in [0.717, 1.165) is 12.3 Å². The molecule has 0 aliphatic carbocycles. The lowest BCUT2D eigenvalue weighted by atomic mass is 9.91. The van der Waals surface area contributed by atoms with E-state index in [1.807, 2.05) is 0 Å². The van der Waals surface area contributed by atoms with E-state index in [1.165, 1.54) is 30.3 Å². The van der Waals surface area contributed by atoms with Gasteiger partial charge in [-0.1, -0.05) is 12.1 Å². The predicted octanol–water partition coefficient (Wildman–Crippen LogP) is 3.12. The molecule has 1 N–H and O–H groups in total. The Morgan fingerprint density at radius 3 is 2.25 bits per heavy atom. The molecule has 0 amide bonds. The fourth-order valence-corrected chi connectivity index (χ4v) is 3.34. The van der Waals surface area contributed by atoms with Gasteiger partial charge in [0.15, 0.2) is 9.84 Å². The lowest BCUT2D eigenvalue weighted by molar-refractivity contribution is -0.138. The Morgan fingerprint density at radius 2 is 1.75 bits per heavy atom. The van der Waals surface area contributed by atoms with Crippen LogP contribution in [0.3, 0.4) is 0 Å². The number of aliphatic hydroxyl groups excluding tert-OH is 1. The van der Waals surface area contributed by atoms with Crippen LogP contribution in [0.4, 0.5) is 8.78 Å². The van der Waals surface area contributed by atoms with Crippen molar-refractivity contribution < 1.29 is 31.8 Å². The molecule has 0 aliphatic heterocycles. The molecule has 8 heteroatoms. The second-order valence-electron chi connectivity index (χ2n) is 5.97. The fourth-order valence-electron chi connectivity index (χ4n) is 2.71. The first kappa shape index (κ1) is 21.7. The molecule has 0 saturated heterocycles. The van der Waals surface area contributed by atoms with E-state index >= 15 is 0 Å². The van der Waals surface area contributed by atoms with Crippen LogP contribution in [0, 0.1) is 11.6 Å². The smallest absolute Gasteiger partial charge is 0.334 e. The summed E-state index contributed by atoms with van der Waals surface area (Å²) in [5.74, 6) is -2.43. The monoisotopic (exact) mass is 410 g/mol. The molecule has 0 atom stereocenters. The molecule has 0 saturated carbocycles. The highest BCUT2D eigenvalue weighted by molar-refractivity contribution is 7.90. The zero-order chi connectivity index (χ0) is 20.9. The van der Waals surface area contributed by atoms with Crippen LogP contribution in [0.25, 0.3) is 5.57 Å². The minimum atomic E-state index is -3.45. The fraction of sp³-hybridized carbons (Fsp3) is 0.250. The summed E-state index contributed by atoms with van der Waals surface area (Å²) < 4.78 is 56.3. The topological polar surface area (TPSA) is 80.7 Å². The standard InChI is InChI=1S/C20H20F2O5S/c1-3-27-20(24)17(10-11-23)19(16-9-6-14(21)12-18(16)22)13-4-7-15(8-5-13)28(2,25)26/h4-9,12,23H,3,10-11H2,1-2H3/b19-17+. The molecule has 2 aromatic rings. The number of aliphatic hydroxyl groups is 1. The van der Waals surface area contributed by atoms with E-state index in [1.54, 1.807) is 6.92 Å². The highest BCUT2D eigenvalue weighted by atomic mass is 32.2. The number of ether oxygens (including phenoxy) is 1. The van der Waals surface area contributed by atoms with Crippen LogP contribution in [-0.2, 0) is 19.4 Å². The molecular weight excluding hydrogens is 390 g/mol. The predicted molar refractivity (Wildman–Crippen MR) is 100 cm³/mol. The first-order valence-corrected chi connectivity index (χ1v) is 10.3. The van der Waals surface area contributed by atoms with Gasteiger partial charge in [-0.2, -0.15) is 0 Å². The highest BCUT2D eigenvalue weighted by Gasteiger charge is 2.22. The molecule has 0 bridgehead atoms. The van der Waals surface area contributed by atoms with Crippen molar-refractivity contribution in [3.8, 4) is 0 Å². The Balaban J connectivity index is 2.77. The van der Waals surface area contributed by atoms with E-state index in [2.05, 4.69) is 0 Å². The number of hydrogen-bond acceptors (Lipinski definition) is 5. The number of benzene rings is 2. The lowest BCUT2D eigenvalue weighted by Crippen LogP contribution is -2.13. The molecule has 0 fully saturated rings. The van der Waals surface area contributed by atoms with E-state index < -0.39 is 34.0 Å². The van der Waals surface area contributed by atoms with Gasteiger partial charge in [0.2, 0.25) is 0 Å². The maximum absolute atomic E-state index is 14.5. The average Bonchev–Trinajstić information content (AvgIpc) is 2.62. The van der Waals surface area contributed by atoms with Crippen LogP contribution < -0.4 is 0 Å². The Kier molecular flexibility index (Phi) is 7.04. The van der Waals surface area contributed by atoms with Crippen molar-refractivity contribution in [3.05, 3.63) is 70.8 Å². The third-order valence-corrected chi connectivity index (χ3v) is 5.09. The van der Waals surface area contributed by atoms with E-state index in [4.69, 9.17) is 4.74 Å². The third kappa shape index (κ3) is 5.02. The molecule has 5 nitrogen and oxygen atoms in total. The molecule has 28 heavy (non-hydrogen) atoms. The van der Waals surface area contributed by atoms with Crippen molar-refractivity contribution in [2.45, 2.75) is 18.2 Å². The van der Waals surface area contributed by atoms with Crippen molar-refractivity contribution in [2.24, 2.45) is 0 Å². The van der Waals surface area contributed by atoms with Crippen molar-refractivity contribution in [1.29, 1.82) is 0 Å². The zero-order valence-corrected chi connectivity index (χ0v) is 16.2. The normalized spacial score (nSPS) is 12.5. The van der Waals surface area contributed by atoms with Gasteiger partial charge in [0.1, 0.15) is 11.6 Å². The summed E-state index contributed by atoms with van der Waals surface area (Å²) in [5.41, 5.74) is 0.367. The van der Waals surface area contributed by atoms with Gasteiger partial charge >= 0.3 is 5.97 Å². The Hall–Kier alpha value is -2.58. The molecular formula is C20H20F2O5S. The van der Waals surface area contributed by atoms with Gasteiger partial charge in [0.05, 0.1) is 11.5 Å². The van der Waals surface area contributed by atoms with Crippen LogP contribution in [0.1, 0.15) is 24.5 Å². The third-order valence-electron chi connectivity index (χ3n) is 3.96. The van der Waals surface area contributed by atoms with Crippen LogP contribution in [0.2, 0.25) is 0 Å². The number of carbonyl (C=O) groups is 1. The summed E-state index contributed by atoms with van der Waals surface area (Å²) >= 11 is 0. The van der Waals surface area contributed by atoms with Gasteiger partial charge in [-0.25, -0.2) is 22.0 Å². The van der Waals surface area contributed by atoms with Crippen molar-refractivity contribution >= 4 is 21.4 Å². The minimum absolute atomic E-state index is 0.00182. The van der Waals surface area contributed by atoms with E-state index in [0.29, 0.717) is 11.6 Å². The van der Waals surface area contributed by atoms with Crippen molar-refractivity contribution in [2.75, 3.05) is 19.5 Å². The second kappa shape index (κ2) is 9.07. The van der Waals surface area contributed by atoms with Crippen molar-refractivity contribution in [1.82, 2.24) is 0 Å². The first-order chi connectivity index (χ1) is 13.2. The van der Waals surface area contributed by atoms with Gasteiger partial charge < -0.3 is 9.84 Å². The molecule has 2 aromatic carbocycles. The van der Waals surface area contributed by atoms with Crippen molar-refractivity contribution in [3.63, 3.8) is 0 Å². The molecule has 0 unspecified atom stereocenters. The largest absolute Gasteiger partial charge is 0.463 e.